The van der Waals surface area contributed by atoms with Crippen molar-refractivity contribution in [2.24, 2.45) is 11.8 Å². The highest BCUT2D eigenvalue weighted by Gasteiger charge is 2.50. The molecule has 3 rings (SSSR count). The van der Waals surface area contributed by atoms with E-state index in [4.69, 9.17) is 9.16 Å². The zero-order chi connectivity index (χ0) is 24.6. The fourth-order valence-corrected chi connectivity index (χ4v) is 9.24. The van der Waals surface area contributed by atoms with Gasteiger partial charge in [-0.1, -0.05) is 126 Å². The number of ketones is 1. The van der Waals surface area contributed by atoms with Gasteiger partial charge in [0.2, 0.25) is 0 Å². The predicted octanol–water partition coefficient (Wildman–Crippen LogP) is 5.62. The Bertz CT molecular complexity index is 974. The van der Waals surface area contributed by atoms with E-state index in [0.29, 0.717) is 19.8 Å². The molecule has 180 valence electrons. The van der Waals surface area contributed by atoms with Crippen molar-refractivity contribution in [1.29, 1.82) is 0 Å². The quantitative estimate of drug-likeness (QED) is 0.338. The summed E-state index contributed by atoms with van der Waals surface area (Å²) in [5, 5.41) is 2.35. The molecule has 0 aliphatic heterocycles. The maximum absolute atomic E-state index is 13.2. The van der Waals surface area contributed by atoms with Gasteiger partial charge in [-0.15, -0.1) is 0 Å². The van der Waals surface area contributed by atoms with Crippen LogP contribution in [0.25, 0.3) is 0 Å². The largest absolute Gasteiger partial charge is 0.407 e. The van der Waals surface area contributed by atoms with Gasteiger partial charge in [-0.2, -0.15) is 0 Å². The minimum absolute atomic E-state index is 0.108. The molecule has 0 radical (unpaired) electrons. The Balaban J connectivity index is 1.74. The van der Waals surface area contributed by atoms with Crippen LogP contribution in [0.2, 0.25) is 5.04 Å². The van der Waals surface area contributed by atoms with Gasteiger partial charge in [0.05, 0.1) is 13.2 Å². The molecular weight excluding hydrogens is 436 g/mol. The predicted molar refractivity (Wildman–Crippen MR) is 143 cm³/mol. The smallest absolute Gasteiger partial charge is 0.261 e. The molecule has 0 heterocycles. The summed E-state index contributed by atoms with van der Waals surface area (Å²) in [6, 6.07) is 31.2. The summed E-state index contributed by atoms with van der Waals surface area (Å²) < 4.78 is 12.8. The van der Waals surface area contributed by atoms with Crippen molar-refractivity contribution >= 4 is 24.5 Å². The molecule has 2 atom stereocenters. The van der Waals surface area contributed by atoms with Crippen LogP contribution in [-0.2, 0) is 20.6 Å². The van der Waals surface area contributed by atoms with Gasteiger partial charge in [0, 0.05) is 18.4 Å². The van der Waals surface area contributed by atoms with E-state index in [-0.39, 0.29) is 22.7 Å². The third-order valence-electron chi connectivity index (χ3n) is 6.42. The second-order valence-electron chi connectivity index (χ2n) is 10.2. The van der Waals surface area contributed by atoms with Gasteiger partial charge in [-0.05, 0) is 21.0 Å². The number of carbonyl (C=O) groups is 1. The first-order valence-corrected chi connectivity index (χ1v) is 14.1. The molecule has 0 amide bonds. The number of hydrogen-bond donors (Lipinski definition) is 0. The average Bonchev–Trinajstić information content (AvgIpc) is 2.85. The molecule has 4 heteroatoms. The highest BCUT2D eigenvalue weighted by molar-refractivity contribution is 6.99. The van der Waals surface area contributed by atoms with E-state index < -0.39 is 8.32 Å². The molecule has 3 aromatic carbocycles. The molecule has 3 aromatic rings. The topological polar surface area (TPSA) is 35.5 Å². The van der Waals surface area contributed by atoms with Crippen molar-refractivity contribution < 1.29 is 14.0 Å². The second kappa shape index (κ2) is 11.7. The summed E-state index contributed by atoms with van der Waals surface area (Å²) in [5.41, 5.74) is 1.12. The number of benzene rings is 3. The summed E-state index contributed by atoms with van der Waals surface area (Å²) in [5.74, 6) is -0.204. The third-order valence-corrected chi connectivity index (χ3v) is 11.4. The first kappa shape index (κ1) is 26.1. The van der Waals surface area contributed by atoms with Crippen LogP contribution in [0.5, 0.6) is 0 Å². The number of ether oxygens (including phenoxy) is 1. The lowest BCUT2D eigenvalue weighted by molar-refractivity contribution is -0.128. The summed E-state index contributed by atoms with van der Waals surface area (Å²) in [7, 11) is -2.65. The van der Waals surface area contributed by atoms with Gasteiger partial charge in [0.15, 0.2) is 0 Å². The lowest BCUT2D eigenvalue weighted by atomic mass is 9.97. The van der Waals surface area contributed by atoms with E-state index >= 15 is 0 Å². The van der Waals surface area contributed by atoms with Crippen LogP contribution < -0.4 is 10.4 Å². The number of rotatable bonds is 11. The van der Waals surface area contributed by atoms with Crippen molar-refractivity contribution in [3.63, 3.8) is 0 Å². The van der Waals surface area contributed by atoms with Crippen molar-refractivity contribution in [3.05, 3.63) is 96.6 Å². The van der Waals surface area contributed by atoms with Crippen LogP contribution >= 0.6 is 0 Å². The monoisotopic (exact) mass is 474 g/mol. The first-order chi connectivity index (χ1) is 16.3. The minimum Gasteiger partial charge on any atom is -0.407 e. The Hall–Kier alpha value is -2.53. The minimum atomic E-state index is -2.65. The average molecular weight is 475 g/mol. The van der Waals surface area contributed by atoms with E-state index in [1.54, 1.807) is 0 Å². The lowest BCUT2D eigenvalue weighted by Gasteiger charge is -2.43. The molecule has 3 nitrogen and oxygen atoms in total. The Morgan fingerprint density at radius 1 is 0.735 bits per heavy atom. The van der Waals surface area contributed by atoms with E-state index in [0.717, 1.165) is 5.56 Å². The van der Waals surface area contributed by atoms with Crippen LogP contribution in [0, 0.1) is 11.8 Å². The molecule has 0 saturated heterocycles. The standard InChI is InChI=1S/C30H38O3Si/c1-24(21-32-23-26-15-9-6-10-16-26)29(31)25(2)22-33-34(30(3,4)5,27-17-11-7-12-18-27)28-19-13-8-14-20-28/h6-20,24-25H,21-23H2,1-5H3/t24-,25+/m0/s1. The van der Waals surface area contributed by atoms with Crippen LogP contribution in [-0.4, -0.2) is 27.3 Å². The van der Waals surface area contributed by atoms with Gasteiger partial charge in [-0.25, -0.2) is 0 Å². The second-order valence-corrected chi connectivity index (χ2v) is 14.5. The molecule has 0 spiro atoms. The molecule has 0 fully saturated rings. The van der Waals surface area contributed by atoms with E-state index in [9.17, 15) is 4.79 Å². The van der Waals surface area contributed by atoms with Crippen molar-refractivity contribution in [2.75, 3.05) is 13.2 Å². The molecule has 0 aliphatic rings. The normalized spacial score (nSPS) is 13.9. The molecule has 0 saturated carbocycles. The Morgan fingerprint density at radius 3 is 1.65 bits per heavy atom. The maximum Gasteiger partial charge on any atom is 0.261 e. The zero-order valence-electron chi connectivity index (χ0n) is 21.2. The molecular formula is C30H38O3Si. The SMILES string of the molecule is C[C@H](CO[Si](c1ccccc1)(c1ccccc1)C(C)(C)C)C(=O)[C@@H](C)COCc1ccccc1. The first-order valence-electron chi connectivity index (χ1n) is 12.2. The van der Waals surface area contributed by atoms with Gasteiger partial charge < -0.3 is 9.16 Å². The van der Waals surface area contributed by atoms with Gasteiger partial charge in [0.1, 0.15) is 5.78 Å². The summed E-state index contributed by atoms with van der Waals surface area (Å²) >= 11 is 0. The maximum atomic E-state index is 13.2. The van der Waals surface area contributed by atoms with Crippen LogP contribution in [0.1, 0.15) is 40.2 Å². The molecule has 0 unspecified atom stereocenters. The van der Waals surface area contributed by atoms with Crippen LogP contribution in [0.4, 0.5) is 0 Å². The third kappa shape index (κ3) is 6.12. The summed E-state index contributed by atoms with van der Waals surface area (Å²) in [6.45, 7) is 12.0. The fourth-order valence-electron chi connectivity index (χ4n) is 4.59. The fraction of sp³-hybridized carbons (Fsp3) is 0.367. The molecule has 0 aromatic heterocycles. The van der Waals surface area contributed by atoms with E-state index in [1.807, 2.05) is 56.3 Å². The van der Waals surface area contributed by atoms with Crippen molar-refractivity contribution in [1.82, 2.24) is 0 Å². The van der Waals surface area contributed by atoms with Crippen molar-refractivity contribution in [2.45, 2.75) is 46.3 Å². The lowest BCUT2D eigenvalue weighted by Crippen LogP contribution is -2.67. The number of carbonyl (C=O) groups excluding carboxylic acids is 1. The number of hydrogen-bond acceptors (Lipinski definition) is 3. The summed E-state index contributed by atoms with van der Waals surface area (Å²) in [6.07, 6.45) is 0. The Morgan fingerprint density at radius 2 is 1.18 bits per heavy atom. The molecule has 34 heavy (non-hydrogen) atoms. The highest BCUT2D eigenvalue weighted by Crippen LogP contribution is 2.37. The molecule has 0 bridgehead atoms. The van der Waals surface area contributed by atoms with Crippen LogP contribution in [0.15, 0.2) is 91.0 Å². The van der Waals surface area contributed by atoms with Crippen molar-refractivity contribution in [3.8, 4) is 0 Å². The van der Waals surface area contributed by atoms with Gasteiger partial charge in [-0.3, -0.25) is 4.79 Å². The Labute approximate surface area is 206 Å². The number of Topliss-reactive ketones (excluding diaryl/α,β-unsaturated/α-hetero) is 1. The van der Waals surface area contributed by atoms with Gasteiger partial charge in [0.25, 0.3) is 8.32 Å². The van der Waals surface area contributed by atoms with E-state index in [1.165, 1.54) is 10.4 Å². The summed E-state index contributed by atoms with van der Waals surface area (Å²) in [4.78, 5) is 13.2. The van der Waals surface area contributed by atoms with E-state index in [2.05, 4.69) is 69.3 Å². The molecule has 0 N–H and O–H groups in total. The highest BCUT2D eigenvalue weighted by atomic mass is 28.4. The van der Waals surface area contributed by atoms with Crippen LogP contribution in [0.3, 0.4) is 0 Å². The zero-order valence-corrected chi connectivity index (χ0v) is 22.2. The Kier molecular flexibility index (Phi) is 9.01. The molecule has 0 aliphatic carbocycles. The van der Waals surface area contributed by atoms with Gasteiger partial charge >= 0.3 is 0 Å².